The zero-order valence-corrected chi connectivity index (χ0v) is 8.92. The first-order chi connectivity index (χ1) is 6.65. The molecule has 0 fully saturated rings. The van der Waals surface area contributed by atoms with Crippen LogP contribution in [0.3, 0.4) is 0 Å². The van der Waals surface area contributed by atoms with Gasteiger partial charge in [0, 0.05) is 7.05 Å². The Labute approximate surface area is 84.2 Å². The van der Waals surface area contributed by atoms with Crippen LogP contribution in [0.5, 0.6) is 0 Å². The van der Waals surface area contributed by atoms with Gasteiger partial charge in [0.1, 0.15) is 6.04 Å². The predicted octanol–water partition coefficient (Wildman–Crippen LogP) is 0.647. The Kier molecular flexibility index (Phi) is 6.53. The minimum absolute atomic E-state index is 0.191. The lowest BCUT2D eigenvalue weighted by atomic mass is 10.1. The number of unbranched alkanes of at least 4 members (excludes halogenated alkanes) is 1. The molecule has 14 heavy (non-hydrogen) atoms. The van der Waals surface area contributed by atoms with Gasteiger partial charge in [-0.2, -0.15) is 0 Å². The third-order valence-electron chi connectivity index (χ3n) is 1.89. The zero-order valence-electron chi connectivity index (χ0n) is 8.92. The second-order valence-corrected chi connectivity index (χ2v) is 2.94. The van der Waals surface area contributed by atoms with Crippen LogP contribution in [0.2, 0.25) is 0 Å². The van der Waals surface area contributed by atoms with Gasteiger partial charge in [0.25, 0.3) is 0 Å². The second kappa shape index (κ2) is 7.17. The van der Waals surface area contributed by atoms with Gasteiger partial charge in [-0.05, 0) is 6.42 Å². The van der Waals surface area contributed by atoms with E-state index in [1.807, 2.05) is 6.92 Å². The van der Waals surface area contributed by atoms with Crippen molar-refractivity contribution in [3.8, 4) is 0 Å². The fourth-order valence-corrected chi connectivity index (χ4v) is 1.05. The number of ether oxygens (including phenoxy) is 1. The third-order valence-corrected chi connectivity index (χ3v) is 1.89. The molecule has 0 spiro atoms. The molecule has 0 aromatic carbocycles. The Morgan fingerprint density at radius 3 is 2.50 bits per heavy atom. The van der Waals surface area contributed by atoms with Crippen LogP contribution in [-0.2, 0) is 9.53 Å². The van der Waals surface area contributed by atoms with Crippen molar-refractivity contribution >= 4 is 12.0 Å². The molecule has 0 aromatic rings. The van der Waals surface area contributed by atoms with E-state index in [2.05, 4.69) is 15.4 Å². The number of carbonyl (C=O) groups is 2. The highest BCUT2D eigenvalue weighted by Crippen LogP contribution is 2.00. The van der Waals surface area contributed by atoms with Gasteiger partial charge in [-0.15, -0.1) is 0 Å². The molecule has 2 N–H and O–H groups in total. The molecule has 0 saturated heterocycles. The molecule has 0 aliphatic heterocycles. The SMILES string of the molecule is CCCC[C@H](NC(=O)OC)C(=O)NC. The van der Waals surface area contributed by atoms with Crippen LogP contribution >= 0.6 is 0 Å². The van der Waals surface area contributed by atoms with Crippen molar-refractivity contribution in [2.75, 3.05) is 14.2 Å². The molecule has 0 heterocycles. The summed E-state index contributed by atoms with van der Waals surface area (Å²) in [6.45, 7) is 2.03. The summed E-state index contributed by atoms with van der Waals surface area (Å²) in [5, 5.41) is 4.97. The largest absolute Gasteiger partial charge is 0.453 e. The van der Waals surface area contributed by atoms with E-state index >= 15 is 0 Å². The van der Waals surface area contributed by atoms with Gasteiger partial charge in [-0.25, -0.2) is 4.79 Å². The van der Waals surface area contributed by atoms with Crippen LogP contribution in [0.25, 0.3) is 0 Å². The van der Waals surface area contributed by atoms with Gasteiger partial charge in [0.05, 0.1) is 7.11 Å². The number of rotatable bonds is 5. The van der Waals surface area contributed by atoms with Crippen LogP contribution in [0, 0.1) is 0 Å². The van der Waals surface area contributed by atoms with E-state index in [1.54, 1.807) is 7.05 Å². The first-order valence-corrected chi connectivity index (χ1v) is 4.71. The number of alkyl carbamates (subject to hydrolysis) is 1. The summed E-state index contributed by atoms with van der Waals surface area (Å²) in [5.41, 5.74) is 0. The maximum absolute atomic E-state index is 11.3. The summed E-state index contributed by atoms with van der Waals surface area (Å²) in [6.07, 6.45) is 1.93. The lowest BCUT2D eigenvalue weighted by Crippen LogP contribution is -2.45. The molecule has 0 rings (SSSR count). The standard InChI is InChI=1S/C9H18N2O3/c1-4-5-6-7(8(12)10-2)11-9(13)14-3/h7H,4-6H2,1-3H3,(H,10,12)(H,11,13)/t7-/m0/s1. The molecule has 2 amide bonds. The third kappa shape index (κ3) is 4.69. The van der Waals surface area contributed by atoms with Crippen molar-refractivity contribution in [1.82, 2.24) is 10.6 Å². The predicted molar refractivity (Wildman–Crippen MR) is 52.9 cm³/mol. The van der Waals surface area contributed by atoms with Crippen molar-refractivity contribution in [2.24, 2.45) is 0 Å². The Morgan fingerprint density at radius 1 is 1.43 bits per heavy atom. The summed E-state index contributed by atoms with van der Waals surface area (Å²) < 4.78 is 4.43. The minimum Gasteiger partial charge on any atom is -0.453 e. The van der Waals surface area contributed by atoms with Crippen molar-refractivity contribution in [1.29, 1.82) is 0 Å². The molecule has 5 nitrogen and oxygen atoms in total. The molecule has 0 aliphatic rings. The van der Waals surface area contributed by atoms with E-state index in [4.69, 9.17) is 0 Å². The molecular weight excluding hydrogens is 184 g/mol. The van der Waals surface area contributed by atoms with Crippen molar-refractivity contribution in [3.05, 3.63) is 0 Å². The Bertz CT molecular complexity index is 194. The van der Waals surface area contributed by atoms with Gasteiger partial charge in [0.2, 0.25) is 5.91 Å². The fourth-order valence-electron chi connectivity index (χ4n) is 1.05. The number of carbonyl (C=O) groups excluding carboxylic acids is 2. The van der Waals surface area contributed by atoms with Crippen LogP contribution in [0.4, 0.5) is 4.79 Å². The lowest BCUT2D eigenvalue weighted by molar-refractivity contribution is -0.122. The van der Waals surface area contributed by atoms with Crippen LogP contribution in [0.1, 0.15) is 26.2 Å². The second-order valence-electron chi connectivity index (χ2n) is 2.94. The monoisotopic (exact) mass is 202 g/mol. The highest BCUT2D eigenvalue weighted by Gasteiger charge is 2.18. The number of amides is 2. The molecule has 0 unspecified atom stereocenters. The van der Waals surface area contributed by atoms with Crippen molar-refractivity contribution in [2.45, 2.75) is 32.2 Å². The number of likely N-dealkylation sites (N-methyl/N-ethyl adjacent to an activating group) is 1. The van der Waals surface area contributed by atoms with E-state index in [0.717, 1.165) is 12.8 Å². The number of nitrogens with one attached hydrogen (secondary N) is 2. The van der Waals surface area contributed by atoms with Crippen molar-refractivity contribution in [3.63, 3.8) is 0 Å². The van der Waals surface area contributed by atoms with Gasteiger partial charge in [-0.3, -0.25) is 4.79 Å². The highest BCUT2D eigenvalue weighted by molar-refractivity contribution is 5.85. The summed E-state index contributed by atoms with van der Waals surface area (Å²) in [4.78, 5) is 22.2. The average molecular weight is 202 g/mol. The summed E-state index contributed by atoms with van der Waals surface area (Å²) in [5.74, 6) is -0.191. The maximum Gasteiger partial charge on any atom is 0.407 e. The van der Waals surface area contributed by atoms with E-state index in [1.165, 1.54) is 7.11 Å². The first-order valence-electron chi connectivity index (χ1n) is 4.71. The molecule has 1 atom stereocenters. The van der Waals surface area contributed by atoms with Crippen LogP contribution in [0.15, 0.2) is 0 Å². The zero-order chi connectivity index (χ0) is 11.0. The Balaban J connectivity index is 4.09. The summed E-state index contributed by atoms with van der Waals surface area (Å²) in [7, 11) is 2.82. The smallest absolute Gasteiger partial charge is 0.407 e. The molecule has 0 aromatic heterocycles. The highest BCUT2D eigenvalue weighted by atomic mass is 16.5. The van der Waals surface area contributed by atoms with E-state index in [9.17, 15) is 9.59 Å². The summed E-state index contributed by atoms with van der Waals surface area (Å²) in [6, 6.07) is -0.493. The molecule has 5 heteroatoms. The van der Waals surface area contributed by atoms with E-state index < -0.39 is 12.1 Å². The fraction of sp³-hybridized carbons (Fsp3) is 0.778. The molecule has 0 saturated carbocycles. The van der Waals surface area contributed by atoms with Gasteiger partial charge >= 0.3 is 6.09 Å². The van der Waals surface area contributed by atoms with Gasteiger partial charge in [-0.1, -0.05) is 19.8 Å². The molecular formula is C9H18N2O3. The minimum atomic E-state index is -0.574. The molecule has 0 radical (unpaired) electrons. The number of hydrogen-bond donors (Lipinski definition) is 2. The first kappa shape index (κ1) is 12.7. The number of methoxy groups -OCH3 is 1. The Morgan fingerprint density at radius 2 is 2.07 bits per heavy atom. The van der Waals surface area contributed by atoms with E-state index in [0.29, 0.717) is 6.42 Å². The lowest BCUT2D eigenvalue weighted by Gasteiger charge is -2.15. The molecule has 0 bridgehead atoms. The van der Waals surface area contributed by atoms with Crippen LogP contribution < -0.4 is 10.6 Å². The Hall–Kier alpha value is -1.26. The maximum atomic E-state index is 11.3. The van der Waals surface area contributed by atoms with Crippen molar-refractivity contribution < 1.29 is 14.3 Å². The van der Waals surface area contributed by atoms with E-state index in [-0.39, 0.29) is 5.91 Å². The quantitative estimate of drug-likeness (QED) is 0.687. The average Bonchev–Trinajstić information content (AvgIpc) is 2.22. The van der Waals surface area contributed by atoms with Crippen LogP contribution in [-0.4, -0.2) is 32.2 Å². The van der Waals surface area contributed by atoms with Gasteiger partial charge < -0.3 is 15.4 Å². The topological polar surface area (TPSA) is 67.4 Å². The summed E-state index contributed by atoms with van der Waals surface area (Å²) >= 11 is 0. The normalized spacial score (nSPS) is 11.6. The van der Waals surface area contributed by atoms with Gasteiger partial charge in [0.15, 0.2) is 0 Å². The molecule has 82 valence electrons. The molecule has 0 aliphatic carbocycles. The number of hydrogen-bond acceptors (Lipinski definition) is 3.